The van der Waals surface area contributed by atoms with E-state index in [1.165, 1.54) is 17.7 Å². The number of rotatable bonds is 4. The Labute approximate surface area is 138 Å². The molecule has 0 saturated carbocycles. The van der Waals surface area contributed by atoms with Crippen molar-refractivity contribution < 1.29 is 0 Å². The highest BCUT2D eigenvalue weighted by Crippen LogP contribution is 2.26. The van der Waals surface area contributed by atoms with E-state index < -0.39 is 0 Å². The summed E-state index contributed by atoms with van der Waals surface area (Å²) >= 11 is 12.1. The summed E-state index contributed by atoms with van der Waals surface area (Å²) in [4.78, 5) is 23.6. The molecule has 0 aliphatic carbocycles. The predicted molar refractivity (Wildman–Crippen MR) is 88.6 cm³/mol. The molecule has 0 fully saturated rings. The van der Waals surface area contributed by atoms with Gasteiger partial charge in [-0.05, 0) is 24.6 Å². The topological polar surface area (TPSA) is 56.0 Å². The van der Waals surface area contributed by atoms with E-state index >= 15 is 0 Å². The molecule has 1 unspecified atom stereocenters. The van der Waals surface area contributed by atoms with Gasteiger partial charge < -0.3 is 5.32 Å². The molecule has 2 rings (SSSR count). The highest BCUT2D eigenvalue weighted by Gasteiger charge is 2.11. The maximum atomic E-state index is 11.9. The average molecular weight is 342 g/mol. The lowest BCUT2D eigenvalue weighted by Crippen LogP contribution is -2.39. The number of hydrogen-bond acceptors (Lipinski definition) is 3. The summed E-state index contributed by atoms with van der Waals surface area (Å²) in [5.74, 6) is 0. The first-order valence-electron chi connectivity index (χ1n) is 6.75. The van der Waals surface area contributed by atoms with Crippen molar-refractivity contribution in [2.75, 3.05) is 0 Å². The Kier molecular flexibility index (Phi) is 5.11. The first-order valence-corrected chi connectivity index (χ1v) is 7.51. The number of nitrogens with one attached hydrogen (secondary N) is 1. The largest absolute Gasteiger partial charge is 0.330 e. The lowest BCUT2D eigenvalue weighted by Gasteiger charge is -2.17. The summed E-state index contributed by atoms with van der Waals surface area (Å²) in [7, 11) is 3.09. The Bertz CT molecular complexity index is 811. The molecule has 0 bridgehead atoms. The lowest BCUT2D eigenvalue weighted by molar-refractivity contribution is 0.540. The van der Waals surface area contributed by atoms with Gasteiger partial charge in [-0.25, -0.2) is 4.79 Å². The molecule has 7 heteroatoms. The van der Waals surface area contributed by atoms with Crippen LogP contribution in [0.3, 0.4) is 0 Å². The molecule has 0 aliphatic heterocycles. The van der Waals surface area contributed by atoms with Gasteiger partial charge in [-0.2, -0.15) is 0 Å². The number of halogens is 2. The van der Waals surface area contributed by atoms with Gasteiger partial charge in [0.1, 0.15) is 0 Å². The van der Waals surface area contributed by atoms with E-state index in [9.17, 15) is 9.59 Å². The van der Waals surface area contributed by atoms with Crippen LogP contribution in [0, 0.1) is 0 Å². The van der Waals surface area contributed by atoms with E-state index in [1.807, 2.05) is 13.0 Å². The zero-order chi connectivity index (χ0) is 16.4. The highest BCUT2D eigenvalue weighted by atomic mass is 35.5. The molecule has 2 aromatic rings. The molecule has 5 nitrogen and oxygen atoms in total. The summed E-state index contributed by atoms with van der Waals surface area (Å²) in [5, 5.41) is 4.41. The summed E-state index contributed by atoms with van der Waals surface area (Å²) in [5.41, 5.74) is 0.850. The number of hydrogen-bond donors (Lipinski definition) is 1. The fourth-order valence-corrected chi connectivity index (χ4v) is 2.74. The third-order valence-electron chi connectivity index (χ3n) is 3.64. The third-order valence-corrected chi connectivity index (χ3v) is 4.21. The molecule has 1 aromatic heterocycles. The Morgan fingerprint density at radius 3 is 2.45 bits per heavy atom. The van der Waals surface area contributed by atoms with E-state index in [-0.39, 0.29) is 17.3 Å². The van der Waals surface area contributed by atoms with E-state index in [0.717, 1.165) is 10.1 Å². The van der Waals surface area contributed by atoms with Crippen molar-refractivity contribution in [2.24, 2.45) is 14.1 Å². The average Bonchev–Trinajstić information content (AvgIpc) is 2.47. The quantitative estimate of drug-likeness (QED) is 0.927. The molecular weight excluding hydrogens is 325 g/mol. The molecule has 1 atom stereocenters. The van der Waals surface area contributed by atoms with Crippen molar-refractivity contribution >= 4 is 23.2 Å². The molecular formula is C15H17Cl2N3O2. The Balaban J connectivity index is 2.20. The second-order valence-electron chi connectivity index (χ2n) is 5.14. The van der Waals surface area contributed by atoms with Crippen molar-refractivity contribution in [1.82, 2.24) is 14.5 Å². The van der Waals surface area contributed by atoms with Gasteiger partial charge in [-0.15, -0.1) is 0 Å². The third kappa shape index (κ3) is 3.43. The van der Waals surface area contributed by atoms with Crippen molar-refractivity contribution in [2.45, 2.75) is 19.5 Å². The Hall–Kier alpha value is -1.56. The van der Waals surface area contributed by atoms with Crippen LogP contribution in [0.25, 0.3) is 0 Å². The summed E-state index contributed by atoms with van der Waals surface area (Å²) in [6.07, 6.45) is 0. The van der Waals surface area contributed by atoms with Crippen molar-refractivity contribution in [3.05, 3.63) is 66.4 Å². The van der Waals surface area contributed by atoms with Crippen molar-refractivity contribution in [3.63, 3.8) is 0 Å². The summed E-state index contributed by atoms with van der Waals surface area (Å²) in [6, 6.07) is 6.71. The van der Waals surface area contributed by atoms with Gasteiger partial charge in [0.25, 0.3) is 5.56 Å². The van der Waals surface area contributed by atoms with E-state index in [1.54, 1.807) is 19.2 Å². The number of aromatic nitrogens is 2. The van der Waals surface area contributed by atoms with Crippen LogP contribution in [-0.4, -0.2) is 9.13 Å². The summed E-state index contributed by atoms with van der Waals surface area (Å²) in [6.45, 7) is 2.33. The zero-order valence-corrected chi connectivity index (χ0v) is 14.1. The van der Waals surface area contributed by atoms with Crippen LogP contribution in [0.4, 0.5) is 0 Å². The number of benzene rings is 1. The second-order valence-corrected chi connectivity index (χ2v) is 5.99. The van der Waals surface area contributed by atoms with Crippen molar-refractivity contribution in [1.29, 1.82) is 0 Å². The first kappa shape index (κ1) is 16.8. The van der Waals surface area contributed by atoms with Crippen LogP contribution in [0.5, 0.6) is 0 Å². The van der Waals surface area contributed by atoms with Crippen molar-refractivity contribution in [3.8, 4) is 0 Å². The standard InChI is InChI=1S/C15H17Cl2N3O2/c1-9(12-5-4-10(16)6-13(12)17)18-8-11-7-14(21)20(3)15(22)19(11)2/h4-7,9,18H,8H2,1-3H3. The lowest BCUT2D eigenvalue weighted by atomic mass is 10.1. The monoisotopic (exact) mass is 341 g/mol. The predicted octanol–water partition coefficient (Wildman–Crippen LogP) is 2.24. The molecule has 118 valence electrons. The van der Waals surface area contributed by atoms with Crippen LogP contribution in [-0.2, 0) is 20.6 Å². The van der Waals surface area contributed by atoms with Gasteiger partial charge >= 0.3 is 5.69 Å². The Morgan fingerprint density at radius 1 is 1.14 bits per heavy atom. The SMILES string of the molecule is CC(NCc1cc(=O)n(C)c(=O)n1C)c1ccc(Cl)cc1Cl. The number of nitrogens with zero attached hydrogens (tertiary/aromatic N) is 2. The molecule has 0 amide bonds. The molecule has 0 spiro atoms. The van der Waals surface area contributed by atoms with Gasteiger partial charge in [-0.3, -0.25) is 13.9 Å². The van der Waals surface area contributed by atoms with Gasteiger partial charge in [-0.1, -0.05) is 29.3 Å². The van der Waals surface area contributed by atoms with Gasteiger partial charge in [0.15, 0.2) is 0 Å². The van der Waals surface area contributed by atoms with Crippen LogP contribution in [0.15, 0.2) is 33.9 Å². The van der Waals surface area contributed by atoms with Gasteiger partial charge in [0.05, 0.1) is 0 Å². The smallest absolute Gasteiger partial charge is 0.305 e. The van der Waals surface area contributed by atoms with Crippen LogP contribution in [0.2, 0.25) is 10.0 Å². The van der Waals surface area contributed by atoms with Gasteiger partial charge in [0.2, 0.25) is 0 Å². The Morgan fingerprint density at radius 2 is 1.82 bits per heavy atom. The molecule has 1 N–H and O–H groups in total. The fourth-order valence-electron chi connectivity index (χ4n) is 2.17. The normalized spacial score (nSPS) is 12.4. The highest BCUT2D eigenvalue weighted by molar-refractivity contribution is 6.35. The summed E-state index contributed by atoms with van der Waals surface area (Å²) < 4.78 is 2.52. The maximum Gasteiger partial charge on any atom is 0.330 e. The maximum absolute atomic E-state index is 11.9. The second kappa shape index (κ2) is 6.69. The van der Waals surface area contributed by atoms with Crippen LogP contribution < -0.4 is 16.6 Å². The minimum Gasteiger partial charge on any atom is -0.305 e. The molecule has 0 aliphatic rings. The van der Waals surface area contributed by atoms with E-state index in [2.05, 4.69) is 5.32 Å². The minimum atomic E-state index is -0.346. The zero-order valence-electron chi connectivity index (χ0n) is 12.6. The van der Waals surface area contributed by atoms with Crippen LogP contribution in [0.1, 0.15) is 24.2 Å². The molecule has 0 saturated heterocycles. The fraction of sp³-hybridized carbons (Fsp3) is 0.333. The minimum absolute atomic E-state index is 0.0519. The van der Waals surface area contributed by atoms with Crippen LogP contribution >= 0.6 is 23.2 Å². The molecule has 0 radical (unpaired) electrons. The van der Waals surface area contributed by atoms with E-state index in [4.69, 9.17) is 23.2 Å². The molecule has 1 aromatic carbocycles. The van der Waals surface area contributed by atoms with Gasteiger partial charge in [0, 0.05) is 48.5 Å². The first-order chi connectivity index (χ1) is 10.3. The molecule has 22 heavy (non-hydrogen) atoms. The molecule has 1 heterocycles. The van der Waals surface area contributed by atoms with E-state index in [0.29, 0.717) is 22.3 Å².